The van der Waals surface area contributed by atoms with Crippen molar-refractivity contribution in [1.29, 1.82) is 0 Å². The second-order valence-corrected chi connectivity index (χ2v) is 2.59. The van der Waals surface area contributed by atoms with Gasteiger partial charge in [0, 0.05) is 13.1 Å². The van der Waals surface area contributed by atoms with Gasteiger partial charge in [-0.3, -0.25) is 0 Å². The molecule has 1 heteroatoms. The van der Waals surface area contributed by atoms with Crippen molar-refractivity contribution in [3.8, 4) is 0 Å². The molecule has 0 aliphatic carbocycles. The van der Waals surface area contributed by atoms with E-state index < -0.39 is 0 Å². The van der Waals surface area contributed by atoms with E-state index in [2.05, 4.69) is 39.3 Å². The van der Waals surface area contributed by atoms with Crippen LogP contribution in [0.5, 0.6) is 0 Å². The van der Waals surface area contributed by atoms with Gasteiger partial charge in [0.25, 0.3) is 0 Å². The quantitative estimate of drug-likeness (QED) is 0.540. The zero-order chi connectivity index (χ0) is 6.57. The Balaban J connectivity index is 3.10. The van der Waals surface area contributed by atoms with Crippen LogP contribution in [0.1, 0.15) is 20.8 Å². The molecule has 0 heterocycles. The van der Waals surface area contributed by atoms with Crippen LogP contribution in [0.2, 0.25) is 0 Å². The van der Waals surface area contributed by atoms with E-state index in [0.717, 1.165) is 12.5 Å². The van der Waals surface area contributed by atoms with Gasteiger partial charge in [-0.15, -0.1) is 0 Å². The van der Waals surface area contributed by atoms with Crippen LogP contribution in [0.3, 0.4) is 0 Å². The van der Waals surface area contributed by atoms with Crippen molar-refractivity contribution >= 4 is 0 Å². The first-order chi connectivity index (χ1) is 3.66. The molecule has 0 N–H and O–H groups in total. The molecule has 0 aromatic carbocycles. The molecule has 0 rings (SSSR count). The predicted octanol–water partition coefficient (Wildman–Crippen LogP) is 1.76. The zero-order valence-electron chi connectivity index (χ0n) is 6.31. The average Bonchev–Trinajstić information content (AvgIpc) is 1.65. The summed E-state index contributed by atoms with van der Waals surface area (Å²) in [7, 11) is 2.10. The van der Waals surface area contributed by atoms with Crippen molar-refractivity contribution in [1.82, 2.24) is 4.90 Å². The Kier molecular flexibility index (Phi) is 3.88. The lowest BCUT2D eigenvalue weighted by Gasteiger charge is -2.14. The lowest BCUT2D eigenvalue weighted by atomic mass is 10.2. The molecule has 0 atom stereocenters. The topological polar surface area (TPSA) is 3.24 Å². The maximum Gasteiger partial charge on any atom is 0.0217 e. The molecule has 0 bridgehead atoms. The smallest absolute Gasteiger partial charge is 0.0217 e. The first-order valence-electron chi connectivity index (χ1n) is 3.16. The van der Waals surface area contributed by atoms with Gasteiger partial charge < -0.3 is 4.90 Å². The molecule has 0 aromatic heterocycles. The summed E-state index contributed by atoms with van der Waals surface area (Å²) in [5, 5.41) is 0. The van der Waals surface area contributed by atoms with Crippen LogP contribution in [0.25, 0.3) is 0 Å². The van der Waals surface area contributed by atoms with E-state index in [1.165, 1.54) is 0 Å². The fourth-order valence-corrected chi connectivity index (χ4v) is 0.681. The highest BCUT2D eigenvalue weighted by Crippen LogP contribution is 1.95. The monoisotopic (exact) mass is 114 g/mol. The standard InChI is InChI=1S/C7H16N/c1-5-8(4)6-7(2)3/h5,7H,6H2,1-4H3. The summed E-state index contributed by atoms with van der Waals surface area (Å²) in [5.74, 6) is 0.774. The normalized spacial score (nSPS) is 11.2. The molecule has 0 spiro atoms. The molecule has 0 amide bonds. The molecule has 49 valence electrons. The molecule has 0 aromatic rings. The average molecular weight is 114 g/mol. The molecule has 1 nitrogen and oxygen atoms in total. The summed E-state index contributed by atoms with van der Waals surface area (Å²) in [5.41, 5.74) is 0. The summed E-state index contributed by atoms with van der Waals surface area (Å²) < 4.78 is 0. The summed E-state index contributed by atoms with van der Waals surface area (Å²) >= 11 is 0. The van der Waals surface area contributed by atoms with Gasteiger partial charge in [-0.2, -0.15) is 0 Å². The number of rotatable bonds is 3. The Morgan fingerprint density at radius 3 is 2.12 bits per heavy atom. The van der Waals surface area contributed by atoms with Gasteiger partial charge >= 0.3 is 0 Å². The van der Waals surface area contributed by atoms with Crippen molar-refractivity contribution in [2.24, 2.45) is 5.92 Å². The third-order valence-corrected chi connectivity index (χ3v) is 1.09. The van der Waals surface area contributed by atoms with Crippen LogP contribution < -0.4 is 0 Å². The minimum absolute atomic E-state index is 0.774. The van der Waals surface area contributed by atoms with Crippen molar-refractivity contribution in [2.75, 3.05) is 13.6 Å². The van der Waals surface area contributed by atoms with E-state index >= 15 is 0 Å². The highest BCUT2D eigenvalue weighted by Gasteiger charge is 1.96. The van der Waals surface area contributed by atoms with Crippen LogP contribution in [0.4, 0.5) is 0 Å². The van der Waals surface area contributed by atoms with E-state index in [-0.39, 0.29) is 0 Å². The number of hydrogen-bond acceptors (Lipinski definition) is 1. The van der Waals surface area contributed by atoms with Crippen LogP contribution in [0.15, 0.2) is 0 Å². The molecule has 0 saturated carbocycles. The largest absolute Gasteiger partial charge is 0.302 e. The molecular weight excluding hydrogens is 98.1 g/mol. The summed E-state index contributed by atoms with van der Waals surface area (Å²) in [4.78, 5) is 2.20. The molecule has 0 saturated heterocycles. The maximum absolute atomic E-state index is 2.22. The summed E-state index contributed by atoms with van der Waals surface area (Å²) in [6, 6.07) is 0. The highest BCUT2D eigenvalue weighted by atomic mass is 15.1. The Labute approximate surface area is 52.7 Å². The van der Waals surface area contributed by atoms with Gasteiger partial charge in [0.15, 0.2) is 0 Å². The molecule has 1 radical (unpaired) electrons. The third kappa shape index (κ3) is 4.13. The van der Waals surface area contributed by atoms with Gasteiger partial charge in [-0.05, 0) is 19.9 Å². The molecular formula is C7H16N. The van der Waals surface area contributed by atoms with E-state index in [1.54, 1.807) is 0 Å². The van der Waals surface area contributed by atoms with Gasteiger partial charge in [-0.1, -0.05) is 13.8 Å². The lowest BCUT2D eigenvalue weighted by Crippen LogP contribution is -2.18. The predicted molar refractivity (Wildman–Crippen MR) is 37.4 cm³/mol. The van der Waals surface area contributed by atoms with Gasteiger partial charge in [0.1, 0.15) is 0 Å². The van der Waals surface area contributed by atoms with Crippen molar-refractivity contribution in [3.63, 3.8) is 0 Å². The Morgan fingerprint density at radius 1 is 1.50 bits per heavy atom. The fraction of sp³-hybridized carbons (Fsp3) is 0.857. The summed E-state index contributed by atoms with van der Waals surface area (Å²) in [6.07, 6.45) is 0. The van der Waals surface area contributed by atoms with Gasteiger partial charge in [-0.25, -0.2) is 0 Å². The van der Waals surface area contributed by atoms with Crippen LogP contribution >= 0.6 is 0 Å². The first kappa shape index (κ1) is 7.96. The molecule has 0 unspecified atom stereocenters. The minimum atomic E-state index is 0.774. The maximum atomic E-state index is 2.22. The highest BCUT2D eigenvalue weighted by molar-refractivity contribution is 4.58. The van der Waals surface area contributed by atoms with Crippen molar-refractivity contribution < 1.29 is 0 Å². The molecule has 0 aliphatic heterocycles. The number of nitrogens with zero attached hydrogens (tertiary/aromatic N) is 1. The van der Waals surface area contributed by atoms with Crippen molar-refractivity contribution in [2.45, 2.75) is 20.8 Å². The van der Waals surface area contributed by atoms with Crippen LogP contribution in [-0.4, -0.2) is 18.5 Å². The Bertz CT molecular complexity index is 50.3. The fourth-order valence-electron chi connectivity index (χ4n) is 0.681. The van der Waals surface area contributed by atoms with E-state index in [4.69, 9.17) is 0 Å². The van der Waals surface area contributed by atoms with E-state index in [1.807, 2.05) is 0 Å². The van der Waals surface area contributed by atoms with E-state index in [0.29, 0.717) is 0 Å². The van der Waals surface area contributed by atoms with Gasteiger partial charge in [0.2, 0.25) is 0 Å². The van der Waals surface area contributed by atoms with Crippen LogP contribution in [0, 0.1) is 12.5 Å². The lowest BCUT2D eigenvalue weighted by molar-refractivity contribution is 0.356. The minimum Gasteiger partial charge on any atom is -0.302 e. The first-order valence-corrected chi connectivity index (χ1v) is 3.16. The molecule has 8 heavy (non-hydrogen) atoms. The Hall–Kier alpha value is -0.0400. The third-order valence-electron chi connectivity index (χ3n) is 1.09. The summed E-state index contributed by atoms with van der Waals surface area (Å²) in [6.45, 7) is 9.76. The number of hydrogen-bond donors (Lipinski definition) is 0. The zero-order valence-corrected chi connectivity index (χ0v) is 6.31. The second-order valence-electron chi connectivity index (χ2n) is 2.59. The van der Waals surface area contributed by atoms with Crippen LogP contribution in [-0.2, 0) is 0 Å². The second kappa shape index (κ2) is 3.90. The molecule has 0 fully saturated rings. The molecule has 0 aliphatic rings. The SMILES string of the molecule is C[CH]N(C)CC(C)C. The van der Waals surface area contributed by atoms with Gasteiger partial charge in [0.05, 0.1) is 0 Å². The Morgan fingerprint density at radius 2 is 2.00 bits per heavy atom. The van der Waals surface area contributed by atoms with E-state index in [9.17, 15) is 0 Å². The van der Waals surface area contributed by atoms with Crippen molar-refractivity contribution in [3.05, 3.63) is 6.54 Å².